The lowest BCUT2D eigenvalue weighted by molar-refractivity contribution is -0.139. The van der Waals surface area contributed by atoms with Crippen LogP contribution in [0.1, 0.15) is 11.6 Å². The first-order valence-electron chi connectivity index (χ1n) is 6.16. The van der Waals surface area contributed by atoms with Crippen LogP contribution in [0.4, 0.5) is 0 Å². The van der Waals surface area contributed by atoms with Gasteiger partial charge in [-0.1, -0.05) is 12.1 Å². The Hall–Kier alpha value is -1.59. The van der Waals surface area contributed by atoms with Crippen LogP contribution in [0.5, 0.6) is 5.75 Å². The summed E-state index contributed by atoms with van der Waals surface area (Å²) in [7, 11) is 7.04. The quantitative estimate of drug-likeness (QED) is 0.748. The van der Waals surface area contributed by atoms with Gasteiger partial charge in [0.15, 0.2) is 0 Å². The van der Waals surface area contributed by atoms with Gasteiger partial charge >= 0.3 is 5.97 Å². The first-order valence-corrected chi connectivity index (χ1v) is 6.16. The fourth-order valence-corrected chi connectivity index (χ4v) is 1.83. The van der Waals surface area contributed by atoms with Gasteiger partial charge in [0.1, 0.15) is 5.75 Å². The summed E-state index contributed by atoms with van der Waals surface area (Å²) < 4.78 is 9.83. The van der Waals surface area contributed by atoms with Gasteiger partial charge < -0.3 is 19.7 Å². The monoisotopic (exact) mass is 266 g/mol. The predicted octanol–water partition coefficient (Wildman–Crippen LogP) is 1.06. The van der Waals surface area contributed by atoms with Crippen molar-refractivity contribution in [3.05, 3.63) is 29.8 Å². The van der Waals surface area contributed by atoms with Gasteiger partial charge in [0.2, 0.25) is 0 Å². The highest BCUT2D eigenvalue weighted by Gasteiger charge is 2.15. The average Bonchev–Trinajstić information content (AvgIpc) is 2.42. The van der Waals surface area contributed by atoms with Crippen LogP contribution in [-0.2, 0) is 9.53 Å². The van der Waals surface area contributed by atoms with Gasteiger partial charge in [0.05, 0.1) is 20.8 Å². The number of nitrogens with zero attached hydrogens (tertiary/aromatic N) is 1. The molecule has 0 aromatic heterocycles. The topological polar surface area (TPSA) is 50.8 Å². The van der Waals surface area contributed by atoms with Gasteiger partial charge in [-0.3, -0.25) is 4.79 Å². The highest BCUT2D eigenvalue weighted by Crippen LogP contribution is 2.21. The summed E-state index contributed by atoms with van der Waals surface area (Å²) in [5.41, 5.74) is 1.14. The van der Waals surface area contributed by atoms with Crippen LogP contribution in [0.3, 0.4) is 0 Å². The summed E-state index contributed by atoms with van der Waals surface area (Å²) in [5, 5.41) is 3.10. The number of benzene rings is 1. The molecule has 0 aliphatic rings. The fraction of sp³-hybridized carbons (Fsp3) is 0.500. The molecule has 0 fully saturated rings. The first kappa shape index (κ1) is 15.5. The van der Waals surface area contributed by atoms with Gasteiger partial charge in [0.25, 0.3) is 0 Å². The molecule has 0 spiro atoms. The van der Waals surface area contributed by atoms with Crippen molar-refractivity contribution in [1.82, 2.24) is 10.2 Å². The number of carbonyl (C=O) groups is 1. The second kappa shape index (κ2) is 7.76. The fourth-order valence-electron chi connectivity index (χ4n) is 1.83. The van der Waals surface area contributed by atoms with Gasteiger partial charge in [-0.2, -0.15) is 0 Å². The van der Waals surface area contributed by atoms with Crippen LogP contribution in [0.15, 0.2) is 24.3 Å². The summed E-state index contributed by atoms with van der Waals surface area (Å²) in [6.07, 6.45) is 0. The number of hydrogen-bond acceptors (Lipinski definition) is 5. The van der Waals surface area contributed by atoms with Gasteiger partial charge in [-0.15, -0.1) is 0 Å². The largest absolute Gasteiger partial charge is 0.497 e. The van der Waals surface area contributed by atoms with E-state index in [1.165, 1.54) is 7.11 Å². The Morgan fingerprint density at radius 2 is 2.11 bits per heavy atom. The number of nitrogens with one attached hydrogen (secondary N) is 1. The smallest absolute Gasteiger partial charge is 0.319 e. The number of likely N-dealkylation sites (N-methyl/N-ethyl adjacent to an activating group) is 1. The van der Waals surface area contributed by atoms with E-state index in [-0.39, 0.29) is 18.6 Å². The number of esters is 1. The number of carbonyl (C=O) groups excluding carboxylic acids is 1. The summed E-state index contributed by atoms with van der Waals surface area (Å²) >= 11 is 0. The molecule has 1 aromatic rings. The molecule has 1 N–H and O–H groups in total. The van der Waals surface area contributed by atoms with E-state index in [2.05, 4.69) is 15.0 Å². The molecular weight excluding hydrogens is 244 g/mol. The Balaban J connectivity index is 2.68. The molecule has 5 heteroatoms. The van der Waals surface area contributed by atoms with Crippen LogP contribution in [0, 0.1) is 0 Å². The zero-order valence-electron chi connectivity index (χ0n) is 12.0. The molecule has 0 saturated carbocycles. The number of rotatable bonds is 7. The van der Waals surface area contributed by atoms with E-state index in [9.17, 15) is 4.79 Å². The maximum Gasteiger partial charge on any atom is 0.319 e. The third kappa shape index (κ3) is 4.89. The molecule has 0 bridgehead atoms. The van der Waals surface area contributed by atoms with Crippen molar-refractivity contribution in [3.63, 3.8) is 0 Å². The molecule has 1 atom stereocenters. The van der Waals surface area contributed by atoms with E-state index in [1.807, 2.05) is 38.4 Å². The Labute approximate surface area is 114 Å². The van der Waals surface area contributed by atoms with E-state index >= 15 is 0 Å². The Morgan fingerprint density at radius 1 is 1.37 bits per heavy atom. The van der Waals surface area contributed by atoms with E-state index in [0.717, 1.165) is 11.3 Å². The van der Waals surface area contributed by atoms with E-state index in [1.54, 1.807) is 7.11 Å². The SMILES string of the molecule is COC(=O)CNCC(c1cccc(OC)c1)N(C)C. The molecule has 0 amide bonds. The minimum absolute atomic E-state index is 0.166. The van der Waals surface area contributed by atoms with Crippen molar-refractivity contribution in [2.45, 2.75) is 6.04 Å². The van der Waals surface area contributed by atoms with E-state index in [4.69, 9.17) is 4.74 Å². The molecule has 1 unspecified atom stereocenters. The van der Waals surface area contributed by atoms with Crippen molar-refractivity contribution in [1.29, 1.82) is 0 Å². The Kier molecular flexibility index (Phi) is 6.32. The van der Waals surface area contributed by atoms with Crippen molar-refractivity contribution in [2.24, 2.45) is 0 Å². The predicted molar refractivity (Wildman–Crippen MR) is 74.3 cm³/mol. The van der Waals surface area contributed by atoms with Crippen molar-refractivity contribution in [3.8, 4) is 5.75 Å². The highest BCUT2D eigenvalue weighted by atomic mass is 16.5. The maximum absolute atomic E-state index is 11.1. The standard InChI is InChI=1S/C14H22N2O3/c1-16(2)13(9-15-10-14(17)19-4)11-6-5-7-12(8-11)18-3/h5-8,13,15H,9-10H2,1-4H3. The number of hydrogen-bond donors (Lipinski definition) is 1. The second-order valence-corrected chi connectivity index (χ2v) is 4.46. The van der Waals surface area contributed by atoms with Gasteiger partial charge in [-0.25, -0.2) is 0 Å². The average molecular weight is 266 g/mol. The lowest BCUT2D eigenvalue weighted by Crippen LogP contribution is -2.34. The minimum atomic E-state index is -0.261. The second-order valence-electron chi connectivity index (χ2n) is 4.46. The Morgan fingerprint density at radius 3 is 2.68 bits per heavy atom. The molecule has 0 aliphatic carbocycles. The van der Waals surface area contributed by atoms with Crippen LogP contribution < -0.4 is 10.1 Å². The summed E-state index contributed by atoms with van der Waals surface area (Å²) in [6.45, 7) is 0.875. The van der Waals surface area contributed by atoms with Crippen LogP contribution in [-0.4, -0.2) is 52.3 Å². The molecule has 0 heterocycles. The molecule has 0 aliphatic heterocycles. The summed E-state index contributed by atoms with van der Waals surface area (Å²) in [5.74, 6) is 0.570. The maximum atomic E-state index is 11.1. The minimum Gasteiger partial charge on any atom is -0.497 e. The number of methoxy groups -OCH3 is 2. The third-order valence-electron chi connectivity index (χ3n) is 2.94. The lowest BCUT2D eigenvalue weighted by atomic mass is 10.1. The Bertz CT molecular complexity index is 407. The van der Waals surface area contributed by atoms with Gasteiger partial charge in [0, 0.05) is 12.6 Å². The number of ether oxygens (including phenoxy) is 2. The third-order valence-corrected chi connectivity index (χ3v) is 2.94. The van der Waals surface area contributed by atoms with Crippen molar-refractivity contribution in [2.75, 3.05) is 41.4 Å². The lowest BCUT2D eigenvalue weighted by Gasteiger charge is -2.25. The van der Waals surface area contributed by atoms with Crippen LogP contribution in [0.25, 0.3) is 0 Å². The summed E-state index contributed by atoms with van der Waals surface area (Å²) in [4.78, 5) is 13.2. The van der Waals surface area contributed by atoms with E-state index in [0.29, 0.717) is 6.54 Å². The molecular formula is C14H22N2O3. The summed E-state index contributed by atoms with van der Waals surface area (Å²) in [6, 6.07) is 8.10. The van der Waals surface area contributed by atoms with Crippen molar-refractivity contribution >= 4 is 5.97 Å². The van der Waals surface area contributed by atoms with Crippen LogP contribution >= 0.6 is 0 Å². The normalized spacial score (nSPS) is 12.3. The molecule has 19 heavy (non-hydrogen) atoms. The molecule has 0 radical (unpaired) electrons. The van der Waals surface area contributed by atoms with Crippen LogP contribution in [0.2, 0.25) is 0 Å². The molecule has 1 rings (SSSR count). The molecule has 0 saturated heterocycles. The molecule has 1 aromatic carbocycles. The van der Waals surface area contributed by atoms with Gasteiger partial charge in [-0.05, 0) is 31.8 Å². The zero-order valence-corrected chi connectivity index (χ0v) is 12.0. The van der Waals surface area contributed by atoms with E-state index < -0.39 is 0 Å². The molecule has 106 valence electrons. The highest BCUT2D eigenvalue weighted by molar-refractivity contribution is 5.71. The first-order chi connectivity index (χ1) is 9.08. The molecule has 5 nitrogen and oxygen atoms in total. The van der Waals surface area contributed by atoms with Crippen molar-refractivity contribution < 1.29 is 14.3 Å². The zero-order chi connectivity index (χ0) is 14.3.